The quantitative estimate of drug-likeness (QED) is 0.413. The van der Waals surface area contributed by atoms with Crippen molar-refractivity contribution in [3.05, 3.63) is 0 Å². The molecule has 0 rings (SSSR count). The molecule has 0 aromatic heterocycles. The minimum Gasteiger partial charge on any atom is -0.391 e. The number of aliphatic hydroxyl groups excluding tert-OH is 1. The highest BCUT2D eigenvalue weighted by Crippen LogP contribution is 1.93. The van der Waals surface area contributed by atoms with Crippen molar-refractivity contribution in [3.63, 3.8) is 0 Å². The van der Waals surface area contributed by atoms with Gasteiger partial charge in [-0.2, -0.15) is 0 Å². The van der Waals surface area contributed by atoms with Gasteiger partial charge in [-0.05, 0) is 6.54 Å². The van der Waals surface area contributed by atoms with Gasteiger partial charge in [0, 0.05) is 6.54 Å². The van der Waals surface area contributed by atoms with Crippen LogP contribution in [0.4, 0.5) is 0 Å². The molecule has 0 saturated heterocycles. The molecule has 0 amide bonds. The van der Waals surface area contributed by atoms with Crippen LogP contribution in [0.25, 0.3) is 0 Å². The number of aliphatic hydroxyl groups is 1. The van der Waals surface area contributed by atoms with E-state index in [0.717, 1.165) is 30.7 Å². The van der Waals surface area contributed by atoms with Crippen LogP contribution in [0.3, 0.4) is 0 Å². The monoisotopic (exact) mass is 161 g/mol. The Labute approximate surface area is 69.6 Å². The minimum absolute atomic E-state index is 0.277. The number of hydrogen-bond acceptors (Lipinski definition) is 2. The molecule has 0 spiro atoms. The van der Waals surface area contributed by atoms with Gasteiger partial charge < -0.3 is 14.9 Å². The molecule has 0 aromatic carbocycles. The van der Waals surface area contributed by atoms with Crippen LogP contribution in [-0.4, -0.2) is 56.5 Å². The molecule has 11 heavy (non-hydrogen) atoms. The lowest BCUT2D eigenvalue weighted by atomic mass is 10.4. The van der Waals surface area contributed by atoms with E-state index in [0.29, 0.717) is 0 Å². The van der Waals surface area contributed by atoms with Crippen LogP contribution < -0.4 is 5.32 Å². The second-order valence-electron chi connectivity index (χ2n) is 3.46. The van der Waals surface area contributed by atoms with E-state index in [9.17, 15) is 0 Å². The Kier molecular flexibility index (Phi) is 5.46. The summed E-state index contributed by atoms with van der Waals surface area (Å²) in [6.07, 6.45) is 0. The number of likely N-dealkylation sites (N-methyl/N-ethyl adjacent to an activating group) is 2. The van der Waals surface area contributed by atoms with Crippen molar-refractivity contribution >= 4 is 0 Å². The maximum atomic E-state index is 8.72. The van der Waals surface area contributed by atoms with Gasteiger partial charge in [0.2, 0.25) is 0 Å². The van der Waals surface area contributed by atoms with Gasteiger partial charge >= 0.3 is 0 Å². The van der Waals surface area contributed by atoms with E-state index in [4.69, 9.17) is 5.11 Å². The molecule has 0 heterocycles. The Morgan fingerprint density at radius 1 is 1.27 bits per heavy atom. The first-order chi connectivity index (χ1) is 5.12. The lowest BCUT2D eigenvalue weighted by Crippen LogP contribution is -2.46. The maximum absolute atomic E-state index is 8.72. The summed E-state index contributed by atoms with van der Waals surface area (Å²) in [6.45, 7) is 6.35. The molecular formula is C8H21N2O+. The number of hydrogen-bond donors (Lipinski definition) is 2. The average molecular weight is 161 g/mol. The second-order valence-corrected chi connectivity index (χ2v) is 3.46. The van der Waals surface area contributed by atoms with Crippen LogP contribution in [0.1, 0.15) is 6.92 Å². The molecule has 3 nitrogen and oxygen atoms in total. The van der Waals surface area contributed by atoms with E-state index in [1.54, 1.807) is 0 Å². The Morgan fingerprint density at radius 3 is 2.36 bits per heavy atom. The molecule has 0 atom stereocenters. The second kappa shape index (κ2) is 5.52. The Bertz CT molecular complexity index is 94.1. The van der Waals surface area contributed by atoms with Crippen molar-refractivity contribution in [2.45, 2.75) is 6.92 Å². The zero-order valence-electron chi connectivity index (χ0n) is 7.93. The molecular weight excluding hydrogens is 140 g/mol. The van der Waals surface area contributed by atoms with Crippen LogP contribution in [0.2, 0.25) is 0 Å². The number of nitrogens with one attached hydrogen (secondary N) is 1. The molecule has 0 aliphatic carbocycles. The highest BCUT2D eigenvalue weighted by Gasteiger charge is 2.11. The van der Waals surface area contributed by atoms with Crippen molar-refractivity contribution in [3.8, 4) is 0 Å². The average Bonchev–Trinajstić information content (AvgIpc) is 1.87. The number of quaternary nitrogens is 1. The van der Waals surface area contributed by atoms with Crippen molar-refractivity contribution in [2.75, 3.05) is 46.9 Å². The van der Waals surface area contributed by atoms with Crippen molar-refractivity contribution in [2.24, 2.45) is 0 Å². The maximum Gasteiger partial charge on any atom is 0.102 e. The third kappa shape index (κ3) is 6.28. The van der Waals surface area contributed by atoms with Crippen molar-refractivity contribution in [1.82, 2.24) is 5.32 Å². The molecule has 2 N–H and O–H groups in total. The summed E-state index contributed by atoms with van der Waals surface area (Å²) in [7, 11) is 4.26. The van der Waals surface area contributed by atoms with E-state index < -0.39 is 0 Å². The normalized spacial score (nSPS) is 12.0. The van der Waals surface area contributed by atoms with Crippen LogP contribution >= 0.6 is 0 Å². The Morgan fingerprint density at radius 2 is 1.91 bits per heavy atom. The summed E-state index contributed by atoms with van der Waals surface area (Å²) in [6, 6.07) is 0. The highest BCUT2D eigenvalue weighted by molar-refractivity contribution is 4.41. The molecule has 0 bridgehead atoms. The number of rotatable bonds is 6. The van der Waals surface area contributed by atoms with Crippen molar-refractivity contribution < 1.29 is 9.59 Å². The fourth-order valence-corrected chi connectivity index (χ4v) is 0.941. The first-order valence-electron chi connectivity index (χ1n) is 4.26. The van der Waals surface area contributed by atoms with Gasteiger partial charge in [-0.25, -0.2) is 0 Å². The molecule has 0 radical (unpaired) electrons. The van der Waals surface area contributed by atoms with Gasteiger partial charge in [-0.3, -0.25) is 0 Å². The van der Waals surface area contributed by atoms with Crippen LogP contribution in [0.5, 0.6) is 0 Å². The zero-order valence-corrected chi connectivity index (χ0v) is 7.93. The summed E-state index contributed by atoms with van der Waals surface area (Å²) in [5.74, 6) is 0. The molecule has 0 saturated carbocycles. The first kappa shape index (κ1) is 10.9. The van der Waals surface area contributed by atoms with E-state index in [2.05, 4.69) is 26.3 Å². The molecule has 3 heteroatoms. The van der Waals surface area contributed by atoms with E-state index in [1.807, 2.05) is 0 Å². The molecule has 0 aliphatic heterocycles. The lowest BCUT2D eigenvalue weighted by molar-refractivity contribution is -0.889. The lowest BCUT2D eigenvalue weighted by Gasteiger charge is -2.28. The number of nitrogens with zero attached hydrogens (tertiary/aromatic N) is 1. The summed E-state index contributed by atoms with van der Waals surface area (Å²) in [5.41, 5.74) is 0. The minimum atomic E-state index is 0.277. The zero-order chi connectivity index (χ0) is 8.74. The standard InChI is InChI=1S/C8H21N2O/c1-4-9-5-6-10(2,3)7-8-11/h9,11H,4-8H2,1-3H3/q+1. The van der Waals surface area contributed by atoms with Crippen molar-refractivity contribution in [1.29, 1.82) is 0 Å². The Hall–Kier alpha value is -0.120. The molecule has 0 unspecified atom stereocenters. The van der Waals surface area contributed by atoms with Gasteiger partial charge in [0.1, 0.15) is 6.54 Å². The predicted molar refractivity (Wildman–Crippen MR) is 47.5 cm³/mol. The summed E-state index contributed by atoms with van der Waals surface area (Å²) >= 11 is 0. The van der Waals surface area contributed by atoms with Gasteiger partial charge in [-0.15, -0.1) is 0 Å². The molecule has 0 fully saturated rings. The van der Waals surface area contributed by atoms with Gasteiger partial charge in [0.15, 0.2) is 0 Å². The fourth-order valence-electron chi connectivity index (χ4n) is 0.941. The van der Waals surface area contributed by atoms with Crippen LogP contribution in [0, 0.1) is 0 Å². The van der Waals surface area contributed by atoms with Crippen LogP contribution in [-0.2, 0) is 0 Å². The highest BCUT2D eigenvalue weighted by atomic mass is 16.3. The third-order valence-corrected chi connectivity index (χ3v) is 1.85. The summed E-state index contributed by atoms with van der Waals surface area (Å²) < 4.78 is 0.892. The van der Waals surface area contributed by atoms with E-state index in [-0.39, 0.29) is 6.61 Å². The Balaban J connectivity index is 3.38. The third-order valence-electron chi connectivity index (χ3n) is 1.85. The predicted octanol–water partition coefficient (Wildman–Crippen LogP) is -0.335. The van der Waals surface area contributed by atoms with Crippen LogP contribution in [0.15, 0.2) is 0 Å². The van der Waals surface area contributed by atoms with Gasteiger partial charge in [-0.1, -0.05) is 6.92 Å². The topological polar surface area (TPSA) is 32.3 Å². The SMILES string of the molecule is CCNCC[N+](C)(C)CCO. The largest absolute Gasteiger partial charge is 0.391 e. The fraction of sp³-hybridized carbons (Fsp3) is 1.00. The van der Waals surface area contributed by atoms with Gasteiger partial charge in [0.25, 0.3) is 0 Å². The van der Waals surface area contributed by atoms with E-state index >= 15 is 0 Å². The van der Waals surface area contributed by atoms with E-state index in [1.165, 1.54) is 0 Å². The smallest absolute Gasteiger partial charge is 0.102 e. The molecule has 0 aliphatic rings. The molecule has 0 aromatic rings. The summed E-state index contributed by atoms with van der Waals surface area (Å²) in [5, 5.41) is 12.0. The first-order valence-corrected chi connectivity index (χ1v) is 4.26. The van der Waals surface area contributed by atoms with Gasteiger partial charge in [0.05, 0.1) is 27.2 Å². The molecule has 68 valence electrons. The summed E-state index contributed by atoms with van der Waals surface area (Å²) in [4.78, 5) is 0.